The highest BCUT2D eigenvalue weighted by molar-refractivity contribution is 7.16. The summed E-state index contributed by atoms with van der Waals surface area (Å²) >= 11 is 0. The first kappa shape index (κ1) is 17.4. The summed E-state index contributed by atoms with van der Waals surface area (Å²) in [5.74, 6) is 1.85. The Hall–Kier alpha value is 0.430. The Kier molecular flexibility index (Phi) is 13.2. The van der Waals surface area contributed by atoms with Crippen LogP contribution in [-0.4, -0.2) is 6.16 Å². The van der Waals surface area contributed by atoms with Crippen molar-refractivity contribution in [2.75, 3.05) is 6.16 Å². The molecule has 0 aromatic rings. The van der Waals surface area contributed by atoms with Crippen LogP contribution >= 0.6 is 9.24 Å². The molecule has 0 aromatic heterocycles. The van der Waals surface area contributed by atoms with E-state index in [9.17, 15) is 0 Å². The Morgan fingerprint density at radius 2 is 1.24 bits per heavy atom. The van der Waals surface area contributed by atoms with Gasteiger partial charge < -0.3 is 0 Å². The molecule has 0 aliphatic rings. The van der Waals surface area contributed by atoms with Crippen molar-refractivity contribution in [1.29, 1.82) is 0 Å². The van der Waals surface area contributed by atoms with Crippen molar-refractivity contribution in [2.45, 2.75) is 85.0 Å². The first-order chi connectivity index (χ1) is 8.20. The predicted molar refractivity (Wildman–Crippen MR) is 84.7 cm³/mol. The molecule has 17 heavy (non-hydrogen) atoms. The molecule has 0 radical (unpaired) electrons. The molecule has 0 bridgehead atoms. The van der Waals surface area contributed by atoms with Crippen LogP contribution in [0.5, 0.6) is 0 Å². The lowest BCUT2D eigenvalue weighted by molar-refractivity contribution is 0.412. The molecule has 0 aliphatic carbocycles. The fraction of sp³-hybridized carbons (Fsp3) is 1.00. The van der Waals surface area contributed by atoms with Crippen LogP contribution in [0.2, 0.25) is 0 Å². The SMILES string of the molecule is CCCCCCCCCC(C)CCC(C)CP. The van der Waals surface area contributed by atoms with Gasteiger partial charge in [0.2, 0.25) is 0 Å². The van der Waals surface area contributed by atoms with E-state index in [0.717, 1.165) is 11.8 Å². The second-order valence-electron chi connectivity index (χ2n) is 5.93. The number of unbranched alkanes of at least 4 members (excludes halogenated alkanes) is 6. The van der Waals surface area contributed by atoms with Crippen molar-refractivity contribution >= 4 is 9.24 Å². The molecule has 0 N–H and O–H groups in total. The summed E-state index contributed by atoms with van der Waals surface area (Å²) in [6, 6.07) is 0. The van der Waals surface area contributed by atoms with E-state index in [1.54, 1.807) is 0 Å². The summed E-state index contributed by atoms with van der Waals surface area (Å²) in [6.07, 6.45) is 15.7. The van der Waals surface area contributed by atoms with Crippen molar-refractivity contribution in [3.8, 4) is 0 Å². The van der Waals surface area contributed by atoms with Crippen molar-refractivity contribution in [3.63, 3.8) is 0 Å². The highest BCUT2D eigenvalue weighted by Gasteiger charge is 2.05. The lowest BCUT2D eigenvalue weighted by Crippen LogP contribution is -2.01. The number of hydrogen-bond donors (Lipinski definition) is 0. The lowest BCUT2D eigenvalue weighted by Gasteiger charge is -2.14. The first-order valence-electron chi connectivity index (χ1n) is 7.90. The van der Waals surface area contributed by atoms with E-state index in [4.69, 9.17) is 0 Å². The van der Waals surface area contributed by atoms with Crippen LogP contribution in [0.15, 0.2) is 0 Å². The quantitative estimate of drug-likeness (QED) is 0.295. The molecule has 0 spiro atoms. The van der Waals surface area contributed by atoms with Gasteiger partial charge >= 0.3 is 0 Å². The molecule has 3 atom stereocenters. The van der Waals surface area contributed by atoms with Gasteiger partial charge in [-0.2, -0.15) is 0 Å². The maximum Gasteiger partial charge on any atom is -0.0355 e. The van der Waals surface area contributed by atoms with Crippen LogP contribution in [0.3, 0.4) is 0 Å². The molecular weight excluding hydrogens is 223 g/mol. The molecule has 0 amide bonds. The molecule has 0 aliphatic heterocycles. The number of rotatable bonds is 12. The van der Waals surface area contributed by atoms with Gasteiger partial charge in [-0.15, -0.1) is 9.24 Å². The van der Waals surface area contributed by atoms with E-state index in [-0.39, 0.29) is 0 Å². The minimum Gasteiger partial charge on any atom is -0.137 e. The molecule has 0 saturated heterocycles. The van der Waals surface area contributed by atoms with Gasteiger partial charge in [-0.1, -0.05) is 85.0 Å². The highest BCUT2D eigenvalue weighted by atomic mass is 31.0. The van der Waals surface area contributed by atoms with Crippen LogP contribution in [0, 0.1) is 11.8 Å². The summed E-state index contributed by atoms with van der Waals surface area (Å²) in [5.41, 5.74) is 0. The van der Waals surface area contributed by atoms with Gasteiger partial charge in [0.15, 0.2) is 0 Å². The maximum atomic E-state index is 2.87. The molecule has 0 rings (SSSR count). The summed E-state index contributed by atoms with van der Waals surface area (Å²) in [6.45, 7) is 7.09. The van der Waals surface area contributed by atoms with Gasteiger partial charge in [-0.3, -0.25) is 0 Å². The fourth-order valence-electron chi connectivity index (χ4n) is 2.28. The summed E-state index contributed by atoms with van der Waals surface area (Å²) < 4.78 is 0. The van der Waals surface area contributed by atoms with Crippen molar-refractivity contribution in [2.24, 2.45) is 11.8 Å². The molecule has 0 aromatic carbocycles. The Balaban J connectivity index is 3.19. The van der Waals surface area contributed by atoms with E-state index in [1.807, 2.05) is 0 Å². The number of hydrogen-bond acceptors (Lipinski definition) is 0. The third-order valence-corrected chi connectivity index (χ3v) is 4.66. The zero-order valence-electron chi connectivity index (χ0n) is 12.5. The van der Waals surface area contributed by atoms with Gasteiger partial charge in [-0.25, -0.2) is 0 Å². The molecule has 104 valence electrons. The zero-order chi connectivity index (χ0) is 12.9. The minimum atomic E-state index is 0.900. The van der Waals surface area contributed by atoms with Gasteiger partial charge in [0.05, 0.1) is 0 Å². The zero-order valence-corrected chi connectivity index (χ0v) is 13.7. The predicted octanol–water partition coefficient (Wildman–Crippen LogP) is 6.05. The van der Waals surface area contributed by atoms with Gasteiger partial charge in [0.1, 0.15) is 0 Å². The maximum absolute atomic E-state index is 2.87. The fourth-order valence-corrected chi connectivity index (χ4v) is 2.52. The smallest absolute Gasteiger partial charge is 0.0355 e. The molecule has 0 fully saturated rings. The summed E-state index contributed by atoms with van der Waals surface area (Å²) in [5, 5.41) is 0. The van der Waals surface area contributed by atoms with E-state index in [1.165, 1.54) is 70.4 Å². The third-order valence-electron chi connectivity index (χ3n) is 3.86. The van der Waals surface area contributed by atoms with Gasteiger partial charge in [0.25, 0.3) is 0 Å². The van der Waals surface area contributed by atoms with E-state index in [2.05, 4.69) is 30.0 Å². The molecule has 0 saturated carbocycles. The average molecular weight is 258 g/mol. The van der Waals surface area contributed by atoms with E-state index < -0.39 is 0 Å². The Morgan fingerprint density at radius 3 is 1.82 bits per heavy atom. The van der Waals surface area contributed by atoms with Crippen LogP contribution in [0.25, 0.3) is 0 Å². The molecular formula is C16H35P. The normalized spacial score (nSPS) is 14.8. The van der Waals surface area contributed by atoms with Crippen LogP contribution in [0.4, 0.5) is 0 Å². The van der Waals surface area contributed by atoms with Crippen LogP contribution in [-0.2, 0) is 0 Å². The Morgan fingerprint density at radius 1 is 0.706 bits per heavy atom. The molecule has 0 heterocycles. The third kappa shape index (κ3) is 12.7. The van der Waals surface area contributed by atoms with Crippen molar-refractivity contribution < 1.29 is 0 Å². The Labute approximate surface area is 113 Å². The second-order valence-corrected chi connectivity index (χ2v) is 6.40. The topological polar surface area (TPSA) is 0 Å². The van der Waals surface area contributed by atoms with Crippen molar-refractivity contribution in [1.82, 2.24) is 0 Å². The lowest BCUT2D eigenvalue weighted by atomic mass is 9.94. The Bertz CT molecular complexity index is 144. The summed E-state index contributed by atoms with van der Waals surface area (Å²) in [4.78, 5) is 0. The minimum absolute atomic E-state index is 0.900. The molecule has 0 nitrogen and oxygen atoms in total. The van der Waals surface area contributed by atoms with E-state index in [0.29, 0.717) is 0 Å². The van der Waals surface area contributed by atoms with E-state index >= 15 is 0 Å². The van der Waals surface area contributed by atoms with Gasteiger partial charge in [0, 0.05) is 0 Å². The molecule has 3 unspecified atom stereocenters. The summed E-state index contributed by atoms with van der Waals surface area (Å²) in [7, 11) is 2.87. The van der Waals surface area contributed by atoms with Crippen LogP contribution < -0.4 is 0 Å². The van der Waals surface area contributed by atoms with Crippen molar-refractivity contribution in [3.05, 3.63) is 0 Å². The highest BCUT2D eigenvalue weighted by Crippen LogP contribution is 2.19. The largest absolute Gasteiger partial charge is 0.137 e. The van der Waals surface area contributed by atoms with Gasteiger partial charge in [-0.05, 0) is 18.0 Å². The average Bonchev–Trinajstić information content (AvgIpc) is 2.34. The standard InChI is InChI=1S/C16H35P/c1-4-5-6-7-8-9-10-11-15(2)12-13-16(3)14-17/h15-16H,4-14,17H2,1-3H3. The second kappa shape index (κ2) is 12.9. The first-order valence-corrected chi connectivity index (χ1v) is 8.72. The molecule has 1 heteroatoms. The monoisotopic (exact) mass is 258 g/mol. The van der Waals surface area contributed by atoms with Crippen LogP contribution in [0.1, 0.15) is 85.0 Å².